The lowest BCUT2D eigenvalue weighted by molar-refractivity contribution is -0.140. The van der Waals surface area contributed by atoms with Crippen molar-refractivity contribution in [3.05, 3.63) is 0 Å². The Balaban J connectivity index is 2.27. The minimum atomic E-state index is -3.51. The maximum absolute atomic E-state index is 11.7. The van der Waals surface area contributed by atoms with E-state index in [0.29, 0.717) is 0 Å². The monoisotopic (exact) mass is 220 g/mol. The van der Waals surface area contributed by atoms with Gasteiger partial charge in [0.2, 0.25) is 0 Å². The zero-order valence-corrected chi connectivity index (χ0v) is 8.57. The van der Waals surface area contributed by atoms with Crippen molar-refractivity contribution in [3.8, 4) is 0 Å². The average molecular weight is 220 g/mol. The van der Waals surface area contributed by atoms with Gasteiger partial charge in [-0.1, -0.05) is 0 Å². The maximum atomic E-state index is 11.7. The number of aliphatic carboxylic acids is 1. The molecular weight excluding hydrogens is 208 g/mol. The Kier molecular flexibility index (Phi) is 2.06. The SMILES string of the molecule is CN1C(C(=O)O)CN(C2CC2)S1(=O)=O. The molecule has 2 rings (SSSR count). The first-order chi connectivity index (χ1) is 6.44. The predicted molar refractivity (Wildman–Crippen MR) is 47.8 cm³/mol. The van der Waals surface area contributed by atoms with Gasteiger partial charge in [0.25, 0.3) is 10.2 Å². The standard InChI is InChI=1S/C7H12N2O4S/c1-8-6(7(10)11)4-9(5-2-3-5)14(8,12)13/h5-6H,2-4H2,1H3,(H,10,11). The van der Waals surface area contributed by atoms with E-state index in [9.17, 15) is 13.2 Å². The third-order valence-electron chi connectivity index (χ3n) is 2.69. The lowest BCUT2D eigenvalue weighted by Crippen LogP contribution is -2.36. The fourth-order valence-electron chi connectivity index (χ4n) is 1.64. The highest BCUT2D eigenvalue weighted by Gasteiger charge is 2.50. The molecule has 1 heterocycles. The molecule has 1 aliphatic carbocycles. The number of carboxylic acid groups (broad SMARTS) is 1. The zero-order valence-electron chi connectivity index (χ0n) is 7.75. The largest absolute Gasteiger partial charge is 0.480 e. The fourth-order valence-corrected chi connectivity index (χ4v) is 3.37. The molecule has 0 spiro atoms. The van der Waals surface area contributed by atoms with E-state index in [1.54, 1.807) is 0 Å². The molecule has 0 bridgehead atoms. The van der Waals surface area contributed by atoms with Crippen LogP contribution in [0.5, 0.6) is 0 Å². The molecule has 0 amide bonds. The van der Waals surface area contributed by atoms with Crippen LogP contribution < -0.4 is 0 Å². The highest BCUT2D eigenvalue weighted by Crippen LogP contribution is 2.34. The number of carboxylic acids is 1. The summed E-state index contributed by atoms with van der Waals surface area (Å²) < 4.78 is 25.6. The lowest BCUT2D eigenvalue weighted by Gasteiger charge is -2.14. The van der Waals surface area contributed by atoms with Crippen molar-refractivity contribution in [2.75, 3.05) is 13.6 Å². The highest BCUT2D eigenvalue weighted by atomic mass is 32.2. The molecule has 1 N–H and O–H groups in total. The second-order valence-electron chi connectivity index (χ2n) is 3.68. The van der Waals surface area contributed by atoms with Crippen molar-refractivity contribution in [3.63, 3.8) is 0 Å². The summed E-state index contributed by atoms with van der Waals surface area (Å²) in [4.78, 5) is 10.8. The van der Waals surface area contributed by atoms with Crippen LogP contribution in [0.4, 0.5) is 0 Å². The van der Waals surface area contributed by atoms with Gasteiger partial charge in [0, 0.05) is 19.6 Å². The van der Waals surface area contributed by atoms with Crippen LogP contribution in [-0.4, -0.2) is 53.8 Å². The van der Waals surface area contributed by atoms with Gasteiger partial charge >= 0.3 is 5.97 Å². The molecule has 14 heavy (non-hydrogen) atoms. The van der Waals surface area contributed by atoms with Crippen molar-refractivity contribution < 1.29 is 18.3 Å². The van der Waals surface area contributed by atoms with E-state index in [0.717, 1.165) is 17.1 Å². The summed E-state index contributed by atoms with van der Waals surface area (Å²) in [7, 11) is -2.19. The topological polar surface area (TPSA) is 77.9 Å². The van der Waals surface area contributed by atoms with Crippen molar-refractivity contribution >= 4 is 16.2 Å². The summed E-state index contributed by atoms with van der Waals surface area (Å²) in [5.74, 6) is -1.08. The Hall–Kier alpha value is -0.660. The number of nitrogens with zero attached hydrogens (tertiary/aromatic N) is 2. The first kappa shape index (κ1) is 9.88. The summed E-state index contributed by atoms with van der Waals surface area (Å²) in [6.07, 6.45) is 1.69. The molecule has 0 aromatic heterocycles. The minimum Gasteiger partial charge on any atom is -0.480 e. The molecule has 1 unspecified atom stereocenters. The van der Waals surface area contributed by atoms with Crippen LogP contribution in [0, 0.1) is 0 Å². The Labute approximate surface area is 82.3 Å². The van der Waals surface area contributed by atoms with Gasteiger partial charge in [-0.3, -0.25) is 4.79 Å². The van der Waals surface area contributed by atoms with Gasteiger partial charge in [0.15, 0.2) is 0 Å². The summed E-state index contributed by atoms with van der Waals surface area (Å²) in [6.45, 7) is 0.0822. The van der Waals surface area contributed by atoms with Crippen molar-refractivity contribution in [2.45, 2.75) is 24.9 Å². The molecule has 1 saturated heterocycles. The predicted octanol–water partition coefficient (Wildman–Crippen LogP) is -0.906. The fraction of sp³-hybridized carbons (Fsp3) is 0.857. The lowest BCUT2D eigenvalue weighted by atomic mass is 10.3. The van der Waals surface area contributed by atoms with Gasteiger partial charge in [-0.05, 0) is 12.8 Å². The third-order valence-corrected chi connectivity index (χ3v) is 4.71. The van der Waals surface area contributed by atoms with E-state index in [4.69, 9.17) is 5.11 Å². The molecule has 0 radical (unpaired) electrons. The first-order valence-corrected chi connectivity index (χ1v) is 5.82. The second kappa shape index (κ2) is 2.91. The van der Waals surface area contributed by atoms with E-state index in [1.807, 2.05) is 0 Å². The molecule has 2 aliphatic rings. The van der Waals surface area contributed by atoms with Gasteiger partial charge < -0.3 is 5.11 Å². The summed E-state index contributed by atoms with van der Waals surface area (Å²) in [5, 5.41) is 8.80. The Morgan fingerprint density at radius 3 is 2.36 bits per heavy atom. The number of likely N-dealkylation sites (N-methyl/N-ethyl adjacent to an activating group) is 1. The molecule has 80 valence electrons. The van der Waals surface area contributed by atoms with E-state index in [2.05, 4.69) is 0 Å². The van der Waals surface area contributed by atoms with Gasteiger partial charge in [-0.2, -0.15) is 17.0 Å². The third kappa shape index (κ3) is 1.32. The molecule has 7 heteroatoms. The number of hydrogen-bond donors (Lipinski definition) is 1. The van der Waals surface area contributed by atoms with Crippen LogP contribution in [0.15, 0.2) is 0 Å². The Bertz CT molecular complexity index is 362. The molecule has 0 aromatic carbocycles. The van der Waals surface area contributed by atoms with E-state index in [-0.39, 0.29) is 12.6 Å². The van der Waals surface area contributed by atoms with Crippen LogP contribution in [0.25, 0.3) is 0 Å². The highest BCUT2D eigenvalue weighted by molar-refractivity contribution is 7.87. The number of hydrogen-bond acceptors (Lipinski definition) is 3. The smallest absolute Gasteiger partial charge is 0.323 e. The Morgan fingerprint density at radius 2 is 2.00 bits per heavy atom. The quantitative estimate of drug-likeness (QED) is 0.653. The summed E-state index contributed by atoms with van der Waals surface area (Å²) in [5.41, 5.74) is 0. The maximum Gasteiger partial charge on any atom is 0.323 e. The van der Waals surface area contributed by atoms with Crippen molar-refractivity contribution in [1.29, 1.82) is 0 Å². The molecule has 0 aromatic rings. The summed E-state index contributed by atoms with van der Waals surface area (Å²) >= 11 is 0. The van der Waals surface area contributed by atoms with Gasteiger partial charge in [-0.25, -0.2) is 0 Å². The molecule has 1 saturated carbocycles. The van der Waals surface area contributed by atoms with Crippen LogP contribution in [-0.2, 0) is 15.0 Å². The second-order valence-corrected chi connectivity index (χ2v) is 5.62. The minimum absolute atomic E-state index is 0.0341. The zero-order chi connectivity index (χ0) is 10.5. The van der Waals surface area contributed by atoms with Gasteiger partial charge in [-0.15, -0.1) is 0 Å². The number of carbonyl (C=O) groups is 1. The van der Waals surface area contributed by atoms with Gasteiger partial charge in [0.05, 0.1) is 0 Å². The van der Waals surface area contributed by atoms with E-state index >= 15 is 0 Å². The molecule has 6 nitrogen and oxygen atoms in total. The molecular formula is C7H12N2O4S. The number of rotatable bonds is 2. The van der Waals surface area contributed by atoms with Crippen LogP contribution >= 0.6 is 0 Å². The molecule has 2 fully saturated rings. The van der Waals surface area contributed by atoms with E-state index in [1.165, 1.54) is 11.4 Å². The van der Waals surface area contributed by atoms with Crippen LogP contribution in [0.3, 0.4) is 0 Å². The summed E-state index contributed by atoms with van der Waals surface area (Å²) in [6, 6.07) is -0.896. The van der Waals surface area contributed by atoms with Crippen LogP contribution in [0.1, 0.15) is 12.8 Å². The van der Waals surface area contributed by atoms with Crippen molar-refractivity contribution in [1.82, 2.24) is 8.61 Å². The van der Waals surface area contributed by atoms with Crippen molar-refractivity contribution in [2.24, 2.45) is 0 Å². The first-order valence-electron chi connectivity index (χ1n) is 4.42. The Morgan fingerprint density at radius 1 is 1.43 bits per heavy atom. The molecule has 1 atom stereocenters. The van der Waals surface area contributed by atoms with Crippen LogP contribution in [0.2, 0.25) is 0 Å². The van der Waals surface area contributed by atoms with Gasteiger partial charge in [0.1, 0.15) is 6.04 Å². The average Bonchev–Trinajstić information content (AvgIpc) is 2.83. The molecule has 1 aliphatic heterocycles. The van der Waals surface area contributed by atoms with E-state index < -0.39 is 22.2 Å². The normalized spacial score (nSPS) is 33.4.